The van der Waals surface area contributed by atoms with Crippen LogP contribution in [0.5, 0.6) is 0 Å². The first-order valence-electron chi connectivity index (χ1n) is 5.84. The van der Waals surface area contributed by atoms with E-state index in [0.717, 1.165) is 0 Å². The summed E-state index contributed by atoms with van der Waals surface area (Å²) in [6.45, 7) is 0. The zero-order chi connectivity index (χ0) is 29.5. The van der Waals surface area contributed by atoms with Gasteiger partial charge in [-0.25, -0.2) is 0 Å². The van der Waals surface area contributed by atoms with E-state index in [0.29, 0.717) is 0 Å². The van der Waals surface area contributed by atoms with Crippen molar-refractivity contribution >= 4 is 62.6 Å². The van der Waals surface area contributed by atoms with Crippen molar-refractivity contribution in [3.63, 3.8) is 0 Å². The van der Waals surface area contributed by atoms with Gasteiger partial charge in [-0.15, -0.1) is 0 Å². The van der Waals surface area contributed by atoms with Crippen molar-refractivity contribution in [2.45, 2.75) is 0 Å². The van der Waals surface area contributed by atoms with E-state index in [1.165, 1.54) is 0 Å². The van der Waals surface area contributed by atoms with Gasteiger partial charge in [-0.1, -0.05) is 0 Å². The van der Waals surface area contributed by atoms with Gasteiger partial charge in [0.25, 0.3) is 15.6 Å². The van der Waals surface area contributed by atoms with Crippen LogP contribution in [0.1, 0.15) is 0 Å². The summed E-state index contributed by atoms with van der Waals surface area (Å²) in [4.78, 5) is 135. The van der Waals surface area contributed by atoms with Gasteiger partial charge < -0.3 is 100 Å². The van der Waals surface area contributed by atoms with E-state index in [4.69, 9.17) is 0 Å². The molecule has 0 amide bonds. The second kappa shape index (κ2) is 52.5. The van der Waals surface area contributed by atoms with Gasteiger partial charge >= 0.3 is 414 Å². The zero-order valence-corrected chi connectivity index (χ0v) is 63.8. The van der Waals surface area contributed by atoms with Crippen LogP contribution in [0.25, 0.3) is 0 Å². The van der Waals surface area contributed by atoms with Crippen LogP contribution >= 0.6 is 62.6 Å². The predicted molar refractivity (Wildman–Crippen MR) is 66.3 cm³/mol. The van der Waals surface area contributed by atoms with Crippen molar-refractivity contribution in [3.8, 4) is 0 Å². The van der Waals surface area contributed by atoms with Crippen molar-refractivity contribution in [2.24, 2.45) is 0 Å². The molecule has 49 heavy (non-hydrogen) atoms. The predicted octanol–water partition coefficient (Wildman–Crippen LogP) is -53.0. The van der Waals surface area contributed by atoms with Crippen molar-refractivity contribution in [3.05, 3.63) is 0 Å². The Bertz CT molecular complexity index is 935. The Labute approximate surface area is 587 Å². The largest absolute Gasteiger partial charge is 1.00 e. The number of phosphoric acid groups is 8. The second-order valence-electron chi connectivity index (χ2n) is 3.99. The van der Waals surface area contributed by atoms with E-state index in [9.17, 15) is 105 Å². The second-order valence-corrected chi connectivity index (χ2v) is 14.4. The fourth-order valence-electron chi connectivity index (χ4n) is 0.642. The Balaban J connectivity index is -0.0000000185. The molecule has 0 atom stereocenters. The molecule has 0 aliphatic heterocycles. The summed E-state index contributed by atoms with van der Waals surface area (Å²) < 4.78 is 90.5. The smallest absolute Gasteiger partial charge is 0.790 e. The molecule has 0 aromatic rings. The number of hydrogen-bond donors (Lipinski definition) is 0. The number of hydrogen-bond acceptors (Lipinski definition) is 27. The molecular weight excluding hydrogens is 1000 g/mol. The van der Waals surface area contributed by atoms with Crippen molar-refractivity contribution in [1.29, 1.82) is 0 Å². The first-order valence-corrected chi connectivity index (χ1v) is 17.5. The van der Waals surface area contributed by atoms with Crippen LogP contribution in [0.3, 0.4) is 0 Å². The van der Waals surface area contributed by atoms with Gasteiger partial charge in [-0.3, -0.25) is 26.4 Å². The van der Waals surface area contributed by atoms with Crippen molar-refractivity contribution in [2.75, 3.05) is 0 Å². The summed E-state index contributed by atoms with van der Waals surface area (Å²) >= 11 is 0. The van der Waals surface area contributed by atoms with E-state index in [1.807, 2.05) is 0 Å². The molecule has 0 aliphatic carbocycles. The third kappa shape index (κ3) is 116. The first-order chi connectivity index (χ1) is 14.5. The molecule has 0 fully saturated rings. The number of rotatable bonds is 10. The van der Waals surface area contributed by atoms with Gasteiger partial charge in [0.1, 0.15) is 0 Å². The molecule has 0 N–H and O–H groups in total. The summed E-state index contributed by atoms with van der Waals surface area (Å²) in [5, 5.41) is 0. The molecule has 0 unspecified atom stereocenters. The van der Waals surface area contributed by atoms with Crippen molar-refractivity contribution < 1.29 is 540 Å². The molecule has 0 aliphatic rings. The van der Waals surface area contributed by atoms with Crippen LogP contribution in [0, 0.1) is 0 Å². The molecule has 0 aromatic carbocycles. The van der Waals surface area contributed by atoms with Gasteiger partial charge in [-0.05, 0) is 0 Å². The summed E-state index contributed by atoms with van der Waals surface area (Å²) in [6, 6.07) is 0. The van der Waals surface area contributed by atoms with Crippen LogP contribution in [0.15, 0.2) is 0 Å². The van der Waals surface area contributed by atoms with Crippen LogP contribution in [0.2, 0.25) is 0 Å². The Morgan fingerprint density at radius 2 is 0.286 bits per heavy atom. The van der Waals surface area contributed by atoms with Gasteiger partial charge in [0.05, 0.1) is 46.9 Å². The van der Waals surface area contributed by atoms with E-state index in [-0.39, 0.29) is 414 Å². The molecule has 0 saturated carbocycles. The Kier molecular flexibility index (Phi) is 123. The van der Waals surface area contributed by atoms with Crippen LogP contribution in [-0.4, -0.2) is 0 Å². The Morgan fingerprint density at radius 1 is 0.204 bits per heavy atom. The average Bonchev–Trinajstić information content (AvgIpc) is 2.19. The molecule has 0 aromatic heterocycles. The fourth-order valence-corrected chi connectivity index (χ4v) is 6.32. The zero-order valence-electron chi connectivity index (χ0n) is 28.6. The molecule has 27 nitrogen and oxygen atoms in total. The summed E-state index contributed by atoms with van der Waals surface area (Å²) in [5.41, 5.74) is 0. The Hall–Kier alpha value is 15.1. The quantitative estimate of drug-likeness (QED) is 0.145. The topological polar surface area (TPSA) is 506 Å². The monoisotopic (exact) mass is 1000 g/mol. The Morgan fingerprint density at radius 3 is 0.327 bits per heavy atom. The fraction of sp³-hybridized carbons (Fsp3) is 0. The third-order valence-electron chi connectivity index (χ3n) is 1.000. The molecule has 0 spiro atoms. The van der Waals surface area contributed by atoms with Crippen molar-refractivity contribution in [1.82, 2.24) is 0 Å². The van der Waals surface area contributed by atoms with Crippen LogP contribution in [0.4, 0.5) is 0 Å². The van der Waals surface area contributed by atoms with Gasteiger partial charge in [0.15, 0.2) is 0 Å². The minimum atomic E-state index is -5.97. The standard InChI is InChI=1S/14Na.2H5O10P3.H4O7P2/c;;;;;;;;;;;;;;2*1-11(2,3)9-13(7,8)10-12(4,5)6;1-8(2,3)7-9(4,5)6/h;;;;;;;;;;;;;;2*(H,7,8)(H2,1,2,3)(H2,4,5,6);(H2,1,2,3)(H2,4,5,6)/q14*+1;;;/p-14. The normalized spacial score (nSPS) is 10.2. The summed E-state index contributed by atoms with van der Waals surface area (Å²) in [7, 11) is -47.2. The van der Waals surface area contributed by atoms with Gasteiger partial charge in [-0.2, -0.15) is 0 Å². The molecule has 0 radical (unpaired) electrons. The van der Waals surface area contributed by atoms with Crippen LogP contribution < -0.4 is 482 Å². The van der Waals surface area contributed by atoms with Gasteiger partial charge in [0, 0.05) is 0 Å². The third-order valence-corrected chi connectivity index (χ3v) is 9.00. The molecule has 216 valence electrons. The maximum atomic E-state index is 10.1. The minimum Gasteiger partial charge on any atom is -0.790 e. The summed E-state index contributed by atoms with van der Waals surface area (Å²) in [6.07, 6.45) is 0. The minimum absolute atomic E-state index is 0. The maximum Gasteiger partial charge on any atom is 1.00 e. The molecule has 0 saturated heterocycles. The van der Waals surface area contributed by atoms with Crippen LogP contribution in [-0.2, 0) is 58.1 Å². The summed E-state index contributed by atoms with van der Waals surface area (Å²) in [5.74, 6) is 0. The van der Waals surface area contributed by atoms with E-state index < -0.39 is 62.6 Å². The molecular formula is Na14O27P8. The molecule has 0 rings (SSSR count). The van der Waals surface area contributed by atoms with Gasteiger partial charge in [0.2, 0.25) is 0 Å². The molecule has 0 heterocycles. The molecule has 49 heteroatoms. The SMILES string of the molecule is O=P([O-])([O-])OP(=O)([O-])OP(=O)([O-])[O-].O=P([O-])([O-])OP(=O)([O-])OP(=O)([O-])[O-].O=P([O-])([O-])OP(=O)([O-])[O-].[Na+].[Na+].[Na+].[Na+].[Na+].[Na+].[Na+].[Na+].[Na+].[Na+].[Na+].[Na+].[Na+].[Na+]. The van der Waals surface area contributed by atoms with E-state index in [2.05, 4.69) is 21.6 Å². The average molecular weight is 1000 g/mol. The maximum absolute atomic E-state index is 10.1. The van der Waals surface area contributed by atoms with E-state index >= 15 is 0 Å². The molecule has 0 bridgehead atoms. The van der Waals surface area contributed by atoms with E-state index in [1.54, 1.807) is 0 Å². The first kappa shape index (κ1) is 115.